The molecular formula is C15H16ClNS. The van der Waals surface area contributed by atoms with Crippen molar-refractivity contribution in [3.05, 3.63) is 64.2 Å². The first-order valence-electron chi connectivity index (χ1n) is 5.83. The Balaban J connectivity index is 1.95. The number of anilines is 1. The quantitative estimate of drug-likeness (QED) is 0.822. The smallest absolute Gasteiger partial charge is 0.0426 e. The number of hydrogen-bond donors (Lipinski definition) is 1. The van der Waals surface area contributed by atoms with Crippen LogP contribution in [0.25, 0.3) is 0 Å². The molecular weight excluding hydrogens is 262 g/mol. The molecule has 0 spiro atoms. The SMILES string of the molecule is Cc1ccccc1CSCc1ccc(Cl)cc1N. The van der Waals surface area contributed by atoms with E-state index in [1.807, 2.05) is 30.0 Å². The average molecular weight is 278 g/mol. The van der Waals surface area contributed by atoms with Gasteiger partial charge in [-0.15, -0.1) is 0 Å². The largest absolute Gasteiger partial charge is 0.398 e. The van der Waals surface area contributed by atoms with E-state index in [4.69, 9.17) is 17.3 Å². The molecule has 3 heteroatoms. The van der Waals surface area contributed by atoms with Gasteiger partial charge in [0.15, 0.2) is 0 Å². The fraction of sp³-hybridized carbons (Fsp3) is 0.200. The molecule has 2 N–H and O–H groups in total. The molecule has 0 fully saturated rings. The van der Waals surface area contributed by atoms with Crippen LogP contribution in [0, 0.1) is 6.92 Å². The van der Waals surface area contributed by atoms with Gasteiger partial charge in [0.2, 0.25) is 0 Å². The van der Waals surface area contributed by atoms with E-state index in [0.29, 0.717) is 5.02 Å². The summed E-state index contributed by atoms with van der Waals surface area (Å²) in [6.07, 6.45) is 0. The number of thioether (sulfide) groups is 1. The number of hydrogen-bond acceptors (Lipinski definition) is 2. The first-order chi connectivity index (χ1) is 8.66. The van der Waals surface area contributed by atoms with Gasteiger partial charge in [-0.2, -0.15) is 11.8 Å². The van der Waals surface area contributed by atoms with Crippen LogP contribution in [0.1, 0.15) is 16.7 Å². The lowest BCUT2D eigenvalue weighted by Gasteiger charge is -2.07. The zero-order chi connectivity index (χ0) is 13.0. The number of nitrogen functional groups attached to an aromatic ring is 1. The highest BCUT2D eigenvalue weighted by Gasteiger charge is 2.02. The van der Waals surface area contributed by atoms with E-state index in [0.717, 1.165) is 22.8 Å². The summed E-state index contributed by atoms with van der Waals surface area (Å²) in [5.74, 6) is 1.92. The van der Waals surface area contributed by atoms with Gasteiger partial charge in [0.05, 0.1) is 0 Å². The second kappa shape index (κ2) is 6.17. The topological polar surface area (TPSA) is 26.0 Å². The molecule has 0 aliphatic rings. The van der Waals surface area contributed by atoms with E-state index >= 15 is 0 Å². The fourth-order valence-corrected chi connectivity index (χ4v) is 3.05. The van der Waals surface area contributed by atoms with Crippen molar-refractivity contribution < 1.29 is 0 Å². The Kier molecular flexibility index (Phi) is 4.56. The van der Waals surface area contributed by atoms with Crippen molar-refractivity contribution in [3.63, 3.8) is 0 Å². The summed E-state index contributed by atoms with van der Waals surface area (Å²) in [6, 6.07) is 14.2. The molecule has 1 nitrogen and oxygen atoms in total. The Bertz CT molecular complexity index is 540. The third-order valence-electron chi connectivity index (χ3n) is 2.88. The predicted molar refractivity (Wildman–Crippen MR) is 82.0 cm³/mol. The highest BCUT2D eigenvalue weighted by molar-refractivity contribution is 7.97. The molecule has 0 aromatic heterocycles. The highest BCUT2D eigenvalue weighted by Crippen LogP contribution is 2.25. The first-order valence-corrected chi connectivity index (χ1v) is 7.36. The minimum atomic E-state index is 0.695. The van der Waals surface area contributed by atoms with E-state index in [1.165, 1.54) is 11.1 Å². The summed E-state index contributed by atoms with van der Waals surface area (Å²) >= 11 is 7.75. The van der Waals surface area contributed by atoms with Crippen LogP contribution in [0.15, 0.2) is 42.5 Å². The summed E-state index contributed by atoms with van der Waals surface area (Å²) in [6.45, 7) is 2.15. The van der Waals surface area contributed by atoms with Gasteiger partial charge in [0.1, 0.15) is 0 Å². The maximum Gasteiger partial charge on any atom is 0.0426 e. The molecule has 2 aromatic rings. The normalized spacial score (nSPS) is 10.6. The molecule has 0 saturated heterocycles. The van der Waals surface area contributed by atoms with E-state index in [1.54, 1.807) is 0 Å². The first kappa shape index (κ1) is 13.3. The standard InChI is InChI=1S/C15H16ClNS/c1-11-4-2-3-5-12(11)9-18-10-13-6-7-14(16)8-15(13)17/h2-8H,9-10,17H2,1H3. The van der Waals surface area contributed by atoms with Gasteiger partial charge in [-0.25, -0.2) is 0 Å². The van der Waals surface area contributed by atoms with Gasteiger partial charge >= 0.3 is 0 Å². The van der Waals surface area contributed by atoms with Crippen LogP contribution >= 0.6 is 23.4 Å². The zero-order valence-electron chi connectivity index (χ0n) is 10.3. The molecule has 0 aliphatic carbocycles. The van der Waals surface area contributed by atoms with Gasteiger partial charge < -0.3 is 5.73 Å². The summed E-state index contributed by atoms with van der Waals surface area (Å²) in [5.41, 5.74) is 10.6. The number of rotatable bonds is 4. The minimum absolute atomic E-state index is 0.695. The van der Waals surface area contributed by atoms with Gasteiger partial charge in [-0.05, 0) is 35.7 Å². The molecule has 18 heavy (non-hydrogen) atoms. The maximum atomic E-state index is 5.93. The van der Waals surface area contributed by atoms with Gasteiger partial charge in [-0.3, -0.25) is 0 Å². The lowest BCUT2D eigenvalue weighted by atomic mass is 10.1. The molecule has 0 unspecified atom stereocenters. The molecule has 0 radical (unpaired) electrons. The number of benzene rings is 2. The highest BCUT2D eigenvalue weighted by atomic mass is 35.5. The Morgan fingerprint density at radius 2 is 1.78 bits per heavy atom. The molecule has 2 aromatic carbocycles. The zero-order valence-corrected chi connectivity index (χ0v) is 11.9. The van der Waals surface area contributed by atoms with Gasteiger partial charge in [-0.1, -0.05) is 41.9 Å². The van der Waals surface area contributed by atoms with Crippen molar-refractivity contribution in [2.24, 2.45) is 0 Å². The fourth-order valence-electron chi connectivity index (χ4n) is 1.74. The van der Waals surface area contributed by atoms with Crippen LogP contribution in [-0.2, 0) is 11.5 Å². The van der Waals surface area contributed by atoms with Crippen LogP contribution in [0.4, 0.5) is 5.69 Å². The van der Waals surface area contributed by atoms with Gasteiger partial charge in [0.25, 0.3) is 0 Å². The average Bonchev–Trinajstić information content (AvgIpc) is 2.34. The number of aryl methyl sites for hydroxylation is 1. The molecule has 0 saturated carbocycles. The van der Waals surface area contributed by atoms with E-state index in [-0.39, 0.29) is 0 Å². The number of halogens is 1. The van der Waals surface area contributed by atoms with Crippen LogP contribution in [0.3, 0.4) is 0 Å². The van der Waals surface area contributed by atoms with Crippen LogP contribution < -0.4 is 5.73 Å². The van der Waals surface area contributed by atoms with E-state index in [9.17, 15) is 0 Å². The molecule has 94 valence electrons. The van der Waals surface area contributed by atoms with Gasteiger partial charge in [0, 0.05) is 22.2 Å². The van der Waals surface area contributed by atoms with Crippen molar-refractivity contribution in [2.75, 3.05) is 5.73 Å². The molecule has 0 bridgehead atoms. The lowest BCUT2D eigenvalue weighted by Crippen LogP contribution is -1.93. The summed E-state index contributed by atoms with van der Waals surface area (Å²) in [4.78, 5) is 0. The van der Waals surface area contributed by atoms with Crippen molar-refractivity contribution in [2.45, 2.75) is 18.4 Å². The molecule has 2 rings (SSSR count). The maximum absolute atomic E-state index is 5.93. The number of nitrogens with two attached hydrogens (primary N) is 1. The second-order valence-electron chi connectivity index (χ2n) is 4.26. The monoisotopic (exact) mass is 277 g/mol. The molecule has 0 aliphatic heterocycles. The summed E-state index contributed by atoms with van der Waals surface area (Å²) < 4.78 is 0. The van der Waals surface area contributed by atoms with E-state index < -0.39 is 0 Å². The molecule has 0 amide bonds. The van der Waals surface area contributed by atoms with Crippen LogP contribution in [0.2, 0.25) is 5.02 Å². The molecule has 0 heterocycles. The summed E-state index contributed by atoms with van der Waals surface area (Å²) in [5, 5.41) is 0.695. The van der Waals surface area contributed by atoms with Crippen molar-refractivity contribution in [3.8, 4) is 0 Å². The third kappa shape index (κ3) is 3.44. The lowest BCUT2D eigenvalue weighted by molar-refractivity contribution is 1.30. The Hall–Kier alpha value is -1.12. The van der Waals surface area contributed by atoms with Crippen LogP contribution in [-0.4, -0.2) is 0 Å². The third-order valence-corrected chi connectivity index (χ3v) is 4.15. The molecule has 0 atom stereocenters. The van der Waals surface area contributed by atoms with Crippen molar-refractivity contribution >= 4 is 29.1 Å². The van der Waals surface area contributed by atoms with Crippen LogP contribution in [0.5, 0.6) is 0 Å². The van der Waals surface area contributed by atoms with Crippen molar-refractivity contribution in [1.29, 1.82) is 0 Å². The van der Waals surface area contributed by atoms with E-state index in [2.05, 4.69) is 31.2 Å². The second-order valence-corrected chi connectivity index (χ2v) is 5.68. The Morgan fingerprint density at radius 1 is 1.06 bits per heavy atom. The predicted octanol–water partition coefficient (Wildman–Crippen LogP) is 4.66. The Morgan fingerprint density at radius 3 is 2.50 bits per heavy atom. The Labute approximate surface area is 117 Å². The van der Waals surface area contributed by atoms with Crippen molar-refractivity contribution in [1.82, 2.24) is 0 Å². The summed E-state index contributed by atoms with van der Waals surface area (Å²) in [7, 11) is 0. The minimum Gasteiger partial charge on any atom is -0.398 e.